The second-order valence-electron chi connectivity index (χ2n) is 16.9. The van der Waals surface area contributed by atoms with Crippen LogP contribution in [0.15, 0.2) is 60.8 Å². The van der Waals surface area contributed by atoms with E-state index >= 15 is 0 Å². The first-order chi connectivity index (χ1) is 31.1. The van der Waals surface area contributed by atoms with Crippen molar-refractivity contribution in [1.29, 1.82) is 0 Å². The third-order valence-electron chi connectivity index (χ3n) is 11.3. The van der Waals surface area contributed by atoms with Crippen molar-refractivity contribution < 1.29 is 69.0 Å². The lowest BCUT2D eigenvalue weighted by Gasteiger charge is -2.42. The third kappa shape index (κ3) is 25.6. The van der Waals surface area contributed by atoms with Crippen LogP contribution < -0.4 is 0 Å². The first-order valence-electron chi connectivity index (χ1n) is 24.4. The van der Waals surface area contributed by atoms with Gasteiger partial charge in [0.25, 0.3) is 0 Å². The van der Waals surface area contributed by atoms with Crippen LogP contribution in [0.4, 0.5) is 0 Å². The van der Waals surface area contributed by atoms with E-state index in [1.807, 2.05) is 0 Å². The average molecular weight is 911 g/mol. The van der Waals surface area contributed by atoms with Crippen molar-refractivity contribution >= 4 is 5.97 Å². The number of aliphatic hydroxyl groups excluding tert-OH is 7. The second-order valence-corrected chi connectivity index (χ2v) is 16.9. The summed E-state index contributed by atoms with van der Waals surface area (Å²) in [5, 5.41) is 72.0. The Bertz CT molecular complexity index is 1290. The van der Waals surface area contributed by atoms with Gasteiger partial charge in [0.15, 0.2) is 12.6 Å². The first-order valence-corrected chi connectivity index (χ1v) is 24.4. The zero-order valence-corrected chi connectivity index (χ0v) is 39.0. The Morgan fingerprint density at radius 2 is 1.02 bits per heavy atom. The van der Waals surface area contributed by atoms with Crippen molar-refractivity contribution in [2.24, 2.45) is 0 Å². The summed E-state index contributed by atoms with van der Waals surface area (Å²) < 4.78 is 34.2. The van der Waals surface area contributed by atoms with E-state index in [-0.39, 0.29) is 19.6 Å². The van der Waals surface area contributed by atoms with E-state index in [2.05, 4.69) is 74.6 Å². The minimum atomic E-state index is -1.71. The summed E-state index contributed by atoms with van der Waals surface area (Å²) in [6.45, 7) is 3.47. The predicted octanol–water partition coefficient (Wildman–Crippen LogP) is 6.57. The van der Waals surface area contributed by atoms with E-state index in [0.29, 0.717) is 13.0 Å². The highest BCUT2D eigenvalue weighted by atomic mass is 16.7. The molecule has 0 aromatic heterocycles. The van der Waals surface area contributed by atoms with Crippen LogP contribution in [0, 0.1) is 0 Å². The molecule has 0 spiro atoms. The fourth-order valence-corrected chi connectivity index (χ4v) is 7.27. The molecule has 0 radical (unpaired) electrons. The summed E-state index contributed by atoms with van der Waals surface area (Å²) in [5.74, 6) is -0.396. The maximum atomic E-state index is 13.0. The zero-order valence-electron chi connectivity index (χ0n) is 39.0. The van der Waals surface area contributed by atoms with E-state index in [1.165, 1.54) is 19.3 Å². The molecule has 0 saturated carbocycles. The molecule has 2 heterocycles. The lowest BCUT2D eigenvalue weighted by molar-refractivity contribution is -0.332. The molecule has 2 aliphatic rings. The Kier molecular flexibility index (Phi) is 34.1. The number of hydrogen-bond acceptors (Lipinski definition) is 14. The predicted molar refractivity (Wildman–Crippen MR) is 247 cm³/mol. The minimum Gasteiger partial charge on any atom is -0.457 e. The Morgan fingerprint density at radius 1 is 0.531 bits per heavy atom. The highest BCUT2D eigenvalue weighted by molar-refractivity contribution is 5.69. The smallest absolute Gasteiger partial charge is 0.306 e. The summed E-state index contributed by atoms with van der Waals surface area (Å²) in [4.78, 5) is 13.0. The van der Waals surface area contributed by atoms with Crippen LogP contribution in [0.2, 0.25) is 0 Å². The number of aliphatic hydroxyl groups is 7. The molecular formula is C50H86O14. The molecule has 370 valence electrons. The van der Waals surface area contributed by atoms with Gasteiger partial charge in [0.05, 0.1) is 26.4 Å². The molecule has 7 N–H and O–H groups in total. The maximum Gasteiger partial charge on any atom is 0.306 e. The number of esters is 1. The van der Waals surface area contributed by atoms with Crippen molar-refractivity contribution in [2.45, 2.75) is 216 Å². The lowest BCUT2D eigenvalue weighted by atomic mass is 9.98. The Labute approximate surface area is 384 Å². The second kappa shape index (κ2) is 37.7. The van der Waals surface area contributed by atoms with Crippen LogP contribution in [0.1, 0.15) is 149 Å². The van der Waals surface area contributed by atoms with Crippen LogP contribution in [0.25, 0.3) is 0 Å². The van der Waals surface area contributed by atoms with Crippen molar-refractivity contribution in [2.75, 3.05) is 33.0 Å². The Morgan fingerprint density at radius 3 is 1.61 bits per heavy atom. The van der Waals surface area contributed by atoms with Crippen LogP contribution in [-0.4, -0.2) is 142 Å². The van der Waals surface area contributed by atoms with Gasteiger partial charge in [-0.15, -0.1) is 0 Å². The molecule has 11 unspecified atom stereocenters. The van der Waals surface area contributed by atoms with E-state index in [4.69, 9.17) is 28.4 Å². The fourth-order valence-electron chi connectivity index (χ4n) is 7.27. The molecule has 0 amide bonds. The first kappa shape index (κ1) is 57.8. The SMILES string of the molecule is CC/C=C\C/C=C\C/C=C\C/C=C\CCCCCCCOCC(COC1OC(COC2OC(CO)C(O)C(O)C2O)C(O)C(O)C1O)OC(=O)CCCCCCC/C=C\CCCCC. The van der Waals surface area contributed by atoms with Crippen LogP contribution in [-0.2, 0) is 33.2 Å². The average Bonchev–Trinajstić information content (AvgIpc) is 3.29. The van der Waals surface area contributed by atoms with E-state index < -0.39 is 86.7 Å². The highest BCUT2D eigenvalue weighted by Crippen LogP contribution is 2.26. The van der Waals surface area contributed by atoms with Crippen molar-refractivity contribution in [3.05, 3.63) is 60.8 Å². The molecule has 0 aromatic rings. The molecule has 64 heavy (non-hydrogen) atoms. The highest BCUT2D eigenvalue weighted by Gasteiger charge is 2.47. The molecule has 14 heteroatoms. The molecule has 2 rings (SSSR count). The normalized spacial score (nSPS) is 27.3. The van der Waals surface area contributed by atoms with Crippen LogP contribution in [0.5, 0.6) is 0 Å². The third-order valence-corrected chi connectivity index (χ3v) is 11.3. The van der Waals surface area contributed by atoms with E-state index in [0.717, 1.165) is 103 Å². The van der Waals surface area contributed by atoms with Crippen molar-refractivity contribution in [3.63, 3.8) is 0 Å². The number of allylic oxidation sites excluding steroid dienone is 10. The van der Waals surface area contributed by atoms with Gasteiger partial charge in [0, 0.05) is 13.0 Å². The molecule has 2 aliphatic heterocycles. The van der Waals surface area contributed by atoms with Gasteiger partial charge in [-0.1, -0.05) is 126 Å². The molecule has 0 aliphatic carbocycles. The Hall–Kier alpha value is -2.31. The number of ether oxygens (including phenoxy) is 6. The summed E-state index contributed by atoms with van der Waals surface area (Å²) in [5.41, 5.74) is 0. The van der Waals surface area contributed by atoms with Gasteiger partial charge in [0.1, 0.15) is 54.9 Å². The van der Waals surface area contributed by atoms with Crippen LogP contribution in [0.3, 0.4) is 0 Å². The molecule has 0 bridgehead atoms. The minimum absolute atomic E-state index is 0.0428. The number of unbranched alkanes of at least 4 members (excludes halogenated alkanes) is 13. The van der Waals surface area contributed by atoms with Crippen molar-refractivity contribution in [1.82, 2.24) is 0 Å². The lowest BCUT2D eigenvalue weighted by Crippen LogP contribution is -2.61. The molecular weight excluding hydrogens is 825 g/mol. The summed E-state index contributed by atoms with van der Waals surface area (Å²) in [7, 11) is 0. The number of carbonyl (C=O) groups is 1. The van der Waals surface area contributed by atoms with Gasteiger partial charge in [-0.2, -0.15) is 0 Å². The molecule has 2 saturated heterocycles. The molecule has 2 fully saturated rings. The van der Waals surface area contributed by atoms with E-state index in [9.17, 15) is 40.5 Å². The summed E-state index contributed by atoms with van der Waals surface area (Å²) in [6.07, 6.45) is 27.1. The Balaban J connectivity index is 1.80. The number of rotatable bonds is 37. The van der Waals surface area contributed by atoms with Gasteiger partial charge < -0.3 is 64.2 Å². The van der Waals surface area contributed by atoms with Crippen molar-refractivity contribution in [3.8, 4) is 0 Å². The van der Waals surface area contributed by atoms with Gasteiger partial charge >= 0.3 is 5.97 Å². The van der Waals surface area contributed by atoms with Crippen LogP contribution >= 0.6 is 0 Å². The quantitative estimate of drug-likeness (QED) is 0.0200. The fraction of sp³-hybridized carbons (Fsp3) is 0.780. The van der Waals surface area contributed by atoms with Gasteiger partial charge in [0.2, 0.25) is 0 Å². The summed E-state index contributed by atoms with van der Waals surface area (Å²) >= 11 is 0. The maximum absolute atomic E-state index is 13.0. The number of carbonyl (C=O) groups excluding carboxylic acids is 1. The molecule has 0 aromatic carbocycles. The monoisotopic (exact) mass is 911 g/mol. The van der Waals surface area contributed by atoms with E-state index in [1.54, 1.807) is 0 Å². The van der Waals surface area contributed by atoms with Gasteiger partial charge in [-0.05, 0) is 77.0 Å². The summed E-state index contributed by atoms with van der Waals surface area (Å²) in [6, 6.07) is 0. The topological polar surface area (TPSA) is 214 Å². The van der Waals surface area contributed by atoms with Gasteiger partial charge in [-0.25, -0.2) is 0 Å². The zero-order chi connectivity index (χ0) is 46.6. The largest absolute Gasteiger partial charge is 0.457 e. The molecule has 11 atom stereocenters. The number of hydrogen-bond donors (Lipinski definition) is 7. The molecule has 14 nitrogen and oxygen atoms in total. The standard InChI is InChI=1S/C50H86O14/c1-3-5-7-9-11-13-15-17-18-19-20-21-22-24-26-28-30-32-34-59-36-39(62-42(52)33-31-29-27-25-23-16-14-12-10-8-6-4-2)37-60-49-48(58)46(56)44(54)41(64-49)38-61-50-47(57)45(55)43(53)40(35-51)63-50/h5,7,11-14,17-18,20-21,39-41,43-51,53-58H,3-4,6,8-10,15-16,19,22-38H2,1-2H3/b7-5-,13-11-,14-12-,18-17-,21-20-. The van der Waals surface area contributed by atoms with Gasteiger partial charge in [-0.3, -0.25) is 4.79 Å².